The Balaban J connectivity index is 4.11. The molecule has 0 rings (SSSR count). The van der Waals surface area contributed by atoms with Crippen molar-refractivity contribution in [1.82, 2.24) is 0 Å². The lowest BCUT2D eigenvalue weighted by atomic mass is 9.99. The maximum absolute atomic E-state index is 12.7. The minimum atomic E-state index is -0.760. The highest BCUT2D eigenvalue weighted by atomic mass is 16.6. The summed E-state index contributed by atoms with van der Waals surface area (Å²) in [6, 6.07) is 0. The minimum Gasteiger partial charge on any atom is -0.462 e. The van der Waals surface area contributed by atoms with Crippen LogP contribution in [0.4, 0.5) is 0 Å². The van der Waals surface area contributed by atoms with Crippen molar-refractivity contribution in [2.45, 2.75) is 298 Å². The van der Waals surface area contributed by atoms with E-state index in [9.17, 15) is 14.4 Å². The highest BCUT2D eigenvalue weighted by Crippen LogP contribution is 2.18. The first-order chi connectivity index (χ1) is 28.8. The van der Waals surface area contributed by atoms with Crippen molar-refractivity contribution in [2.24, 2.45) is 11.8 Å². The molecule has 350 valence electrons. The number of rotatable bonds is 47. The molecule has 0 radical (unpaired) electrons. The van der Waals surface area contributed by atoms with Crippen molar-refractivity contribution >= 4 is 17.9 Å². The molecule has 1 unspecified atom stereocenters. The van der Waals surface area contributed by atoms with Gasteiger partial charge in [0, 0.05) is 19.3 Å². The van der Waals surface area contributed by atoms with E-state index in [4.69, 9.17) is 14.2 Å². The number of esters is 3. The van der Waals surface area contributed by atoms with E-state index in [2.05, 4.69) is 34.6 Å². The maximum Gasteiger partial charge on any atom is 0.306 e. The summed E-state index contributed by atoms with van der Waals surface area (Å²) in [5, 5.41) is 0. The van der Waals surface area contributed by atoms with Gasteiger partial charge in [0.2, 0.25) is 0 Å². The van der Waals surface area contributed by atoms with E-state index in [1.807, 2.05) is 0 Å². The van der Waals surface area contributed by atoms with Gasteiger partial charge < -0.3 is 14.2 Å². The van der Waals surface area contributed by atoms with Crippen molar-refractivity contribution in [2.75, 3.05) is 13.2 Å². The fourth-order valence-corrected chi connectivity index (χ4v) is 7.96. The predicted octanol–water partition coefficient (Wildman–Crippen LogP) is 16.9. The van der Waals surface area contributed by atoms with Crippen LogP contribution in [0.25, 0.3) is 0 Å². The molecule has 0 aliphatic rings. The first kappa shape index (κ1) is 57.4. The Labute approximate surface area is 368 Å². The molecule has 0 aromatic carbocycles. The summed E-state index contributed by atoms with van der Waals surface area (Å²) in [5.41, 5.74) is 0. The minimum absolute atomic E-state index is 0.0643. The zero-order chi connectivity index (χ0) is 43.3. The SMILES string of the molecule is CCCCCCCCCC(=O)OC[C@@H](COC(=O)CCCCCCCCCCCCCCCCCCCCC(C)CC)OC(=O)CCCCCCCCCCCC(C)C. The molecule has 0 N–H and O–H groups in total. The van der Waals surface area contributed by atoms with Gasteiger partial charge in [-0.3, -0.25) is 14.4 Å². The summed E-state index contributed by atoms with van der Waals surface area (Å²) in [5.74, 6) is 0.860. The molecular formula is C53H102O6. The predicted molar refractivity (Wildman–Crippen MR) is 252 cm³/mol. The number of carbonyl (C=O) groups excluding carboxylic acids is 3. The zero-order valence-corrected chi connectivity index (χ0v) is 40.4. The smallest absolute Gasteiger partial charge is 0.306 e. The van der Waals surface area contributed by atoms with Crippen molar-refractivity contribution in [3.63, 3.8) is 0 Å². The number of hydrogen-bond acceptors (Lipinski definition) is 6. The largest absolute Gasteiger partial charge is 0.462 e. The Bertz CT molecular complexity index is 902. The number of ether oxygens (including phenoxy) is 3. The van der Waals surface area contributed by atoms with Crippen LogP contribution >= 0.6 is 0 Å². The molecular weight excluding hydrogens is 733 g/mol. The summed E-state index contributed by atoms with van der Waals surface area (Å²) in [6.45, 7) is 11.4. The summed E-state index contributed by atoms with van der Waals surface area (Å²) in [7, 11) is 0. The van der Waals surface area contributed by atoms with E-state index in [0.29, 0.717) is 19.3 Å². The van der Waals surface area contributed by atoms with Crippen molar-refractivity contribution in [3.8, 4) is 0 Å². The molecule has 0 aromatic rings. The lowest BCUT2D eigenvalue weighted by Crippen LogP contribution is -2.30. The zero-order valence-electron chi connectivity index (χ0n) is 40.4. The molecule has 0 amide bonds. The standard InChI is InChI=1S/C53H102O6/c1-6-8-9-10-26-33-38-43-51(54)57-46-50(59-53(56)45-40-35-30-25-21-22-27-31-36-41-48(3)4)47-58-52(55)44-39-34-29-24-20-18-16-14-12-11-13-15-17-19-23-28-32-37-42-49(5)7-2/h48-50H,6-47H2,1-5H3/t49?,50-/m0/s1. The molecule has 0 fully saturated rings. The van der Waals surface area contributed by atoms with Crippen LogP contribution in [-0.2, 0) is 28.6 Å². The molecule has 0 aliphatic heterocycles. The molecule has 6 nitrogen and oxygen atoms in total. The third kappa shape index (κ3) is 45.8. The first-order valence-corrected chi connectivity index (χ1v) is 26.3. The van der Waals surface area contributed by atoms with Crippen molar-refractivity contribution in [1.29, 1.82) is 0 Å². The molecule has 0 bridgehead atoms. The van der Waals surface area contributed by atoms with Crippen LogP contribution in [0.15, 0.2) is 0 Å². The van der Waals surface area contributed by atoms with Gasteiger partial charge in [0.25, 0.3) is 0 Å². The van der Waals surface area contributed by atoms with Crippen LogP contribution < -0.4 is 0 Å². The second-order valence-corrected chi connectivity index (χ2v) is 18.9. The Morgan fingerprint density at radius 1 is 0.356 bits per heavy atom. The van der Waals surface area contributed by atoms with Gasteiger partial charge in [0.05, 0.1) is 0 Å². The lowest BCUT2D eigenvalue weighted by molar-refractivity contribution is -0.167. The summed E-state index contributed by atoms with van der Waals surface area (Å²) in [4.78, 5) is 37.7. The van der Waals surface area contributed by atoms with E-state index in [0.717, 1.165) is 69.6 Å². The summed E-state index contributed by atoms with van der Waals surface area (Å²) >= 11 is 0. The van der Waals surface area contributed by atoms with Crippen LogP contribution in [0.1, 0.15) is 291 Å². The van der Waals surface area contributed by atoms with Gasteiger partial charge in [0.15, 0.2) is 6.10 Å². The first-order valence-electron chi connectivity index (χ1n) is 26.3. The molecule has 59 heavy (non-hydrogen) atoms. The molecule has 6 heteroatoms. The van der Waals surface area contributed by atoms with Crippen molar-refractivity contribution in [3.05, 3.63) is 0 Å². The quantitative estimate of drug-likeness (QED) is 0.0345. The fraction of sp³-hybridized carbons (Fsp3) is 0.943. The van der Waals surface area contributed by atoms with E-state index in [1.54, 1.807) is 0 Å². The molecule has 0 saturated heterocycles. The Hall–Kier alpha value is -1.59. The van der Waals surface area contributed by atoms with E-state index < -0.39 is 6.10 Å². The molecule has 0 heterocycles. The second kappa shape index (κ2) is 45.9. The lowest BCUT2D eigenvalue weighted by Gasteiger charge is -2.18. The van der Waals surface area contributed by atoms with Crippen LogP contribution in [0.3, 0.4) is 0 Å². The van der Waals surface area contributed by atoms with Gasteiger partial charge in [0.1, 0.15) is 13.2 Å². The average Bonchev–Trinajstić information content (AvgIpc) is 3.22. The van der Waals surface area contributed by atoms with Gasteiger partial charge in [-0.2, -0.15) is 0 Å². The average molecular weight is 835 g/mol. The van der Waals surface area contributed by atoms with E-state index in [1.165, 1.54) is 180 Å². The topological polar surface area (TPSA) is 78.9 Å². The third-order valence-electron chi connectivity index (χ3n) is 12.3. The van der Waals surface area contributed by atoms with Crippen LogP contribution in [0.2, 0.25) is 0 Å². The molecule has 0 aliphatic carbocycles. The van der Waals surface area contributed by atoms with Crippen LogP contribution in [0.5, 0.6) is 0 Å². The monoisotopic (exact) mass is 835 g/mol. The van der Waals surface area contributed by atoms with Gasteiger partial charge >= 0.3 is 17.9 Å². The highest BCUT2D eigenvalue weighted by Gasteiger charge is 2.19. The summed E-state index contributed by atoms with van der Waals surface area (Å²) < 4.78 is 16.7. The maximum atomic E-state index is 12.7. The Kier molecular flexibility index (Phi) is 44.7. The van der Waals surface area contributed by atoms with E-state index in [-0.39, 0.29) is 31.1 Å². The van der Waals surface area contributed by atoms with E-state index >= 15 is 0 Å². The van der Waals surface area contributed by atoms with Crippen LogP contribution in [0, 0.1) is 11.8 Å². The summed E-state index contributed by atoms with van der Waals surface area (Å²) in [6.07, 6.45) is 46.8. The Morgan fingerprint density at radius 2 is 0.644 bits per heavy atom. The van der Waals surface area contributed by atoms with Gasteiger partial charge in [-0.05, 0) is 31.1 Å². The normalized spacial score (nSPS) is 12.5. The van der Waals surface area contributed by atoms with Gasteiger partial charge in [-0.15, -0.1) is 0 Å². The number of unbranched alkanes of at least 4 members (excludes halogenated alkanes) is 31. The number of hydrogen-bond donors (Lipinski definition) is 0. The molecule has 2 atom stereocenters. The molecule has 0 saturated carbocycles. The Morgan fingerprint density at radius 3 is 0.966 bits per heavy atom. The van der Waals surface area contributed by atoms with Gasteiger partial charge in [-0.1, -0.05) is 253 Å². The van der Waals surface area contributed by atoms with Gasteiger partial charge in [-0.25, -0.2) is 0 Å². The third-order valence-corrected chi connectivity index (χ3v) is 12.3. The van der Waals surface area contributed by atoms with Crippen molar-refractivity contribution < 1.29 is 28.6 Å². The number of carbonyl (C=O) groups is 3. The highest BCUT2D eigenvalue weighted by molar-refractivity contribution is 5.71. The molecule has 0 spiro atoms. The molecule has 0 aromatic heterocycles. The fourth-order valence-electron chi connectivity index (χ4n) is 7.96. The van der Waals surface area contributed by atoms with Crippen LogP contribution in [-0.4, -0.2) is 37.2 Å². The second-order valence-electron chi connectivity index (χ2n) is 18.9.